The summed E-state index contributed by atoms with van der Waals surface area (Å²) in [4.78, 5) is 0. The maximum Gasteiger partial charge on any atom is 0.122 e. The molecule has 19 heavy (non-hydrogen) atoms. The molecule has 0 heterocycles. The third-order valence-corrected chi connectivity index (χ3v) is 4.19. The average Bonchev–Trinajstić information content (AvgIpc) is 2.42. The molecule has 0 saturated carbocycles. The second-order valence-electron chi connectivity index (χ2n) is 4.29. The maximum absolute atomic E-state index is 9.51. The van der Waals surface area contributed by atoms with Crippen LogP contribution in [-0.4, -0.2) is 30.1 Å². The zero-order chi connectivity index (χ0) is 14.3. The van der Waals surface area contributed by atoms with E-state index in [-0.39, 0.29) is 11.4 Å². The lowest BCUT2D eigenvalue weighted by molar-refractivity contribution is 0.196. The van der Waals surface area contributed by atoms with Crippen LogP contribution in [-0.2, 0) is 5.75 Å². The van der Waals surface area contributed by atoms with Crippen molar-refractivity contribution in [3.8, 4) is 17.6 Å². The highest BCUT2D eigenvalue weighted by molar-refractivity contribution is 7.99. The number of nitrogens with two attached hydrogens (primary N) is 1. The molecule has 0 saturated heterocycles. The van der Waals surface area contributed by atoms with Gasteiger partial charge in [0.15, 0.2) is 0 Å². The number of benzene rings is 1. The molecule has 0 bridgehead atoms. The quantitative estimate of drug-likeness (QED) is 0.810. The Kier molecular flexibility index (Phi) is 6.79. The predicted octanol–water partition coefficient (Wildman–Crippen LogP) is 2.01. The lowest BCUT2D eigenvalue weighted by atomic mass is 10.1. The van der Waals surface area contributed by atoms with Crippen molar-refractivity contribution in [3.05, 3.63) is 29.3 Å². The van der Waals surface area contributed by atoms with E-state index in [2.05, 4.69) is 11.8 Å². The first-order valence-corrected chi connectivity index (χ1v) is 7.29. The molecule has 104 valence electrons. The number of aliphatic hydroxyl groups excluding tert-OH is 1. The Bertz CT molecular complexity index is 463. The van der Waals surface area contributed by atoms with Gasteiger partial charge in [-0.15, -0.1) is 0 Å². The lowest BCUT2D eigenvalue weighted by Gasteiger charge is -2.15. The largest absolute Gasteiger partial charge is 0.496 e. The number of hydrogen-bond acceptors (Lipinski definition) is 4. The topological polar surface area (TPSA) is 55.5 Å². The van der Waals surface area contributed by atoms with Gasteiger partial charge in [0.25, 0.3) is 0 Å². The third-order valence-electron chi connectivity index (χ3n) is 2.80. The number of aliphatic hydroxyl groups is 1. The molecule has 4 heteroatoms. The van der Waals surface area contributed by atoms with E-state index in [0.717, 1.165) is 22.6 Å². The molecule has 0 aliphatic carbocycles. The van der Waals surface area contributed by atoms with Gasteiger partial charge in [0.05, 0.1) is 19.8 Å². The fraction of sp³-hybridized carbons (Fsp3) is 0.467. The van der Waals surface area contributed by atoms with E-state index in [1.165, 1.54) is 0 Å². The summed E-state index contributed by atoms with van der Waals surface area (Å²) in [5, 5.41) is 9.69. The minimum absolute atomic E-state index is 0.184. The first-order chi connectivity index (χ1) is 9.08. The van der Waals surface area contributed by atoms with Crippen LogP contribution in [0.15, 0.2) is 18.2 Å². The number of methoxy groups -OCH3 is 1. The lowest BCUT2D eigenvalue weighted by Crippen LogP contribution is -2.15. The first kappa shape index (κ1) is 15.9. The van der Waals surface area contributed by atoms with Gasteiger partial charge in [-0.2, -0.15) is 11.8 Å². The van der Waals surface area contributed by atoms with E-state index in [0.29, 0.717) is 6.54 Å². The number of rotatable bonds is 5. The SMILES string of the molecule is COc1ccc(C#CCN)cc1CSC(C)C(C)O. The third kappa shape index (κ3) is 5.15. The molecule has 3 N–H and O–H groups in total. The zero-order valence-corrected chi connectivity index (χ0v) is 12.5. The maximum atomic E-state index is 9.51. The van der Waals surface area contributed by atoms with E-state index in [4.69, 9.17) is 10.5 Å². The molecule has 1 aromatic carbocycles. The van der Waals surface area contributed by atoms with Gasteiger partial charge in [0, 0.05) is 22.1 Å². The Balaban J connectivity index is 2.84. The molecule has 0 fully saturated rings. The standard InChI is InChI=1S/C15H21NO2S/c1-11(17)12(2)19-10-14-9-13(5-4-8-16)6-7-15(14)18-3/h6-7,9,11-12,17H,8,10,16H2,1-3H3. The first-order valence-electron chi connectivity index (χ1n) is 6.24. The molecule has 0 amide bonds. The Morgan fingerprint density at radius 1 is 1.42 bits per heavy atom. The van der Waals surface area contributed by atoms with Crippen molar-refractivity contribution in [2.75, 3.05) is 13.7 Å². The van der Waals surface area contributed by atoms with Crippen LogP contribution in [0.1, 0.15) is 25.0 Å². The van der Waals surface area contributed by atoms with E-state index in [1.807, 2.05) is 25.1 Å². The Morgan fingerprint density at radius 3 is 2.74 bits per heavy atom. The van der Waals surface area contributed by atoms with Crippen LogP contribution in [0.25, 0.3) is 0 Å². The molecule has 1 rings (SSSR count). The highest BCUT2D eigenvalue weighted by atomic mass is 32.2. The molecule has 0 spiro atoms. The van der Waals surface area contributed by atoms with Gasteiger partial charge in [0.1, 0.15) is 5.75 Å². The number of hydrogen-bond donors (Lipinski definition) is 2. The van der Waals surface area contributed by atoms with Crippen molar-refractivity contribution in [2.24, 2.45) is 5.73 Å². The highest BCUT2D eigenvalue weighted by Gasteiger charge is 2.11. The van der Waals surface area contributed by atoms with Gasteiger partial charge in [-0.25, -0.2) is 0 Å². The molecule has 3 nitrogen and oxygen atoms in total. The van der Waals surface area contributed by atoms with Gasteiger partial charge in [-0.05, 0) is 25.1 Å². The fourth-order valence-electron chi connectivity index (χ4n) is 1.48. The Hall–Kier alpha value is -1.15. The molecular weight excluding hydrogens is 258 g/mol. The normalized spacial score (nSPS) is 13.3. The summed E-state index contributed by atoms with van der Waals surface area (Å²) in [6.45, 7) is 4.17. The van der Waals surface area contributed by atoms with Crippen LogP contribution >= 0.6 is 11.8 Å². The summed E-state index contributed by atoms with van der Waals surface area (Å²) in [5.41, 5.74) is 7.40. The Morgan fingerprint density at radius 2 is 2.16 bits per heavy atom. The summed E-state index contributed by atoms with van der Waals surface area (Å²) in [7, 11) is 1.66. The van der Waals surface area contributed by atoms with E-state index in [9.17, 15) is 5.11 Å². The minimum atomic E-state index is -0.323. The van der Waals surface area contributed by atoms with E-state index >= 15 is 0 Å². The minimum Gasteiger partial charge on any atom is -0.496 e. The van der Waals surface area contributed by atoms with Crippen LogP contribution in [0, 0.1) is 11.8 Å². The average molecular weight is 279 g/mol. The fourth-order valence-corrected chi connectivity index (χ4v) is 2.43. The highest BCUT2D eigenvalue weighted by Crippen LogP contribution is 2.27. The van der Waals surface area contributed by atoms with E-state index in [1.54, 1.807) is 25.8 Å². The van der Waals surface area contributed by atoms with Gasteiger partial charge in [-0.1, -0.05) is 18.8 Å². The number of ether oxygens (including phenoxy) is 1. The number of thioether (sulfide) groups is 1. The zero-order valence-electron chi connectivity index (χ0n) is 11.6. The summed E-state index contributed by atoms with van der Waals surface area (Å²) in [5.74, 6) is 7.50. The van der Waals surface area contributed by atoms with Crippen LogP contribution < -0.4 is 10.5 Å². The predicted molar refractivity (Wildman–Crippen MR) is 81.4 cm³/mol. The van der Waals surface area contributed by atoms with Crippen molar-refractivity contribution < 1.29 is 9.84 Å². The molecule has 0 aliphatic heterocycles. The van der Waals surface area contributed by atoms with Crippen molar-refractivity contribution in [3.63, 3.8) is 0 Å². The van der Waals surface area contributed by atoms with Crippen LogP contribution in [0.2, 0.25) is 0 Å². The van der Waals surface area contributed by atoms with Crippen molar-refractivity contribution in [1.29, 1.82) is 0 Å². The van der Waals surface area contributed by atoms with E-state index < -0.39 is 0 Å². The van der Waals surface area contributed by atoms with Gasteiger partial charge in [0.2, 0.25) is 0 Å². The van der Waals surface area contributed by atoms with Gasteiger partial charge >= 0.3 is 0 Å². The van der Waals surface area contributed by atoms with Gasteiger partial charge < -0.3 is 15.6 Å². The van der Waals surface area contributed by atoms with Crippen molar-refractivity contribution >= 4 is 11.8 Å². The Labute approximate surface area is 119 Å². The summed E-state index contributed by atoms with van der Waals surface area (Å²) < 4.78 is 5.35. The second-order valence-corrected chi connectivity index (χ2v) is 5.65. The van der Waals surface area contributed by atoms with Crippen LogP contribution in [0.4, 0.5) is 0 Å². The molecule has 1 aromatic rings. The molecule has 0 radical (unpaired) electrons. The van der Waals surface area contributed by atoms with Crippen LogP contribution in [0.3, 0.4) is 0 Å². The van der Waals surface area contributed by atoms with Gasteiger partial charge in [-0.3, -0.25) is 0 Å². The van der Waals surface area contributed by atoms with Crippen molar-refractivity contribution in [1.82, 2.24) is 0 Å². The molecule has 0 aromatic heterocycles. The smallest absolute Gasteiger partial charge is 0.122 e. The second kappa shape index (κ2) is 8.11. The molecule has 2 atom stereocenters. The molecule has 2 unspecified atom stereocenters. The van der Waals surface area contributed by atoms with Crippen molar-refractivity contribution in [2.45, 2.75) is 31.0 Å². The summed E-state index contributed by atoms with van der Waals surface area (Å²) in [6.07, 6.45) is -0.323. The molecular formula is C15H21NO2S. The summed E-state index contributed by atoms with van der Waals surface area (Å²) >= 11 is 1.70. The summed E-state index contributed by atoms with van der Waals surface area (Å²) in [6, 6.07) is 5.86. The monoisotopic (exact) mass is 279 g/mol. The molecule has 0 aliphatic rings. The van der Waals surface area contributed by atoms with Crippen LogP contribution in [0.5, 0.6) is 5.75 Å².